The molecule has 0 aliphatic rings. The number of diazo groups is 1. The van der Waals surface area contributed by atoms with Gasteiger partial charge in [0.1, 0.15) is 0 Å². The molecule has 1 rings (SSSR count). The third-order valence-electron chi connectivity index (χ3n) is 2.69. The van der Waals surface area contributed by atoms with E-state index < -0.39 is 0 Å². The molecule has 0 aliphatic heterocycles. The van der Waals surface area contributed by atoms with Gasteiger partial charge in [0.2, 0.25) is 11.2 Å². The summed E-state index contributed by atoms with van der Waals surface area (Å²) in [5.74, 6) is 8.42. The van der Waals surface area contributed by atoms with E-state index in [0.29, 0.717) is 5.56 Å². The molecule has 3 nitrogen and oxygen atoms in total. The minimum Gasteiger partial charge on any atom is -0.501 e. The summed E-state index contributed by atoms with van der Waals surface area (Å²) in [5.41, 5.74) is 1.52. The van der Waals surface area contributed by atoms with E-state index in [4.69, 9.17) is 5.39 Å². The minimum atomic E-state index is -0.0426. The number of benzene rings is 1. The number of aliphatic hydroxyl groups is 1. The molecule has 1 aromatic rings. The van der Waals surface area contributed by atoms with Gasteiger partial charge in [0.15, 0.2) is 4.98 Å². The molecular weight excluding hydrogens is 268 g/mol. The number of rotatable bonds is 5. The topological polar surface area (TPSA) is 48.4 Å². The molecule has 0 bridgehead atoms. The van der Waals surface area contributed by atoms with Crippen LogP contribution in [0.2, 0.25) is 0 Å². The summed E-state index contributed by atoms with van der Waals surface area (Å²) < 4.78 is 0. The summed E-state index contributed by atoms with van der Waals surface area (Å²) in [4.78, 5) is 3.01. The molecule has 0 fully saturated rings. The number of unbranched alkanes of at least 4 members (excludes halogenated alkanes) is 1. The summed E-state index contributed by atoms with van der Waals surface area (Å²) in [6.07, 6.45) is 1.91. The third-order valence-corrected chi connectivity index (χ3v) is 3.68. The van der Waals surface area contributed by atoms with Crippen LogP contribution in [0, 0.1) is 17.2 Å². The van der Waals surface area contributed by atoms with E-state index in [9.17, 15) is 5.11 Å². The second-order valence-corrected chi connectivity index (χ2v) is 5.58. The lowest BCUT2D eigenvalue weighted by atomic mass is 10.0. The number of aliphatic hydroxyl groups excluding tert-OH is 1. The number of allylic oxidation sites excluding steroid dienone is 1. The van der Waals surface area contributed by atoms with Crippen LogP contribution in [0.1, 0.15) is 37.8 Å². The van der Waals surface area contributed by atoms with Crippen molar-refractivity contribution in [2.45, 2.75) is 26.7 Å². The summed E-state index contributed by atoms with van der Waals surface area (Å²) in [5, 5.41) is 18.7. The first kappa shape index (κ1) is 16.1. The first-order chi connectivity index (χ1) is 9.70. The van der Waals surface area contributed by atoms with Crippen molar-refractivity contribution in [1.29, 1.82) is 5.39 Å². The van der Waals surface area contributed by atoms with Crippen LogP contribution in [-0.2, 0) is 0 Å². The summed E-state index contributed by atoms with van der Waals surface area (Å²) in [6.45, 7) is 3.69. The molecule has 0 heterocycles. The highest BCUT2D eigenvalue weighted by molar-refractivity contribution is 7.99. The molecule has 0 saturated carbocycles. The van der Waals surface area contributed by atoms with Gasteiger partial charge in [0.05, 0.1) is 0 Å². The Bertz CT molecular complexity index is 576. The zero-order valence-electron chi connectivity index (χ0n) is 11.9. The smallest absolute Gasteiger partial charge is 0.400 e. The predicted octanol–water partition coefficient (Wildman–Crippen LogP) is 4.67. The highest BCUT2D eigenvalue weighted by Crippen LogP contribution is 2.20. The second kappa shape index (κ2) is 9.07. The summed E-state index contributed by atoms with van der Waals surface area (Å²) >= 11 is 1.91. The largest absolute Gasteiger partial charge is 0.501 e. The molecule has 0 unspecified atom stereocenters. The maximum absolute atomic E-state index is 10.00. The van der Waals surface area contributed by atoms with Crippen molar-refractivity contribution < 1.29 is 5.11 Å². The molecule has 0 amide bonds. The van der Waals surface area contributed by atoms with Gasteiger partial charge < -0.3 is 5.11 Å². The van der Waals surface area contributed by atoms with Gasteiger partial charge >= 0.3 is 5.70 Å². The van der Waals surface area contributed by atoms with Gasteiger partial charge in [-0.05, 0) is 30.1 Å². The normalized spacial score (nSPS) is 11.1. The fourth-order valence-corrected chi connectivity index (χ4v) is 2.24. The van der Waals surface area contributed by atoms with Crippen molar-refractivity contribution in [3.63, 3.8) is 0 Å². The van der Waals surface area contributed by atoms with Gasteiger partial charge in [-0.3, -0.25) is 0 Å². The third kappa shape index (κ3) is 4.99. The van der Waals surface area contributed by atoms with Crippen molar-refractivity contribution in [1.82, 2.24) is 0 Å². The van der Waals surface area contributed by atoms with E-state index in [1.54, 1.807) is 13.0 Å². The number of hydrogen-bond acceptors (Lipinski definition) is 3. The Morgan fingerprint density at radius 1 is 1.40 bits per heavy atom. The lowest BCUT2D eigenvalue weighted by Gasteiger charge is -2.00. The van der Waals surface area contributed by atoms with E-state index in [1.165, 1.54) is 0 Å². The first-order valence-electron chi connectivity index (χ1n) is 6.61. The lowest BCUT2D eigenvalue weighted by Crippen LogP contribution is -1.90. The van der Waals surface area contributed by atoms with E-state index in [2.05, 4.69) is 23.7 Å². The van der Waals surface area contributed by atoms with Gasteiger partial charge in [-0.2, -0.15) is 11.8 Å². The van der Waals surface area contributed by atoms with Gasteiger partial charge in [0, 0.05) is 24.5 Å². The molecule has 1 aromatic carbocycles. The Morgan fingerprint density at radius 3 is 2.85 bits per heavy atom. The molecule has 0 spiro atoms. The summed E-state index contributed by atoms with van der Waals surface area (Å²) in [6, 6.07) is 7.31. The molecule has 4 heteroatoms. The lowest BCUT2D eigenvalue weighted by molar-refractivity contribution is 0.507. The first-order valence-corrected chi connectivity index (χ1v) is 7.77. The Kier molecular flexibility index (Phi) is 7.32. The maximum Gasteiger partial charge on any atom is 0.400 e. The van der Waals surface area contributed by atoms with Crippen molar-refractivity contribution >= 4 is 17.5 Å². The molecule has 0 radical (unpaired) electrons. The molecule has 1 N–H and O–H groups in total. The number of nitrogens with zero attached hydrogens (tertiary/aromatic N) is 2. The molecule has 0 saturated heterocycles. The summed E-state index contributed by atoms with van der Waals surface area (Å²) in [7, 11) is 0. The van der Waals surface area contributed by atoms with Crippen LogP contribution >= 0.6 is 11.8 Å². The zero-order valence-corrected chi connectivity index (χ0v) is 12.7. The fraction of sp³-hybridized carbons (Fsp3) is 0.375. The van der Waals surface area contributed by atoms with Crippen LogP contribution in [0.5, 0.6) is 0 Å². The van der Waals surface area contributed by atoms with Crippen LogP contribution in [0.4, 0.5) is 0 Å². The maximum atomic E-state index is 10.00. The SMILES string of the molecule is CCSCCCC#Cc1ccccc1/C(O)=C(\C)[N+]#N. The van der Waals surface area contributed by atoms with E-state index in [1.807, 2.05) is 30.0 Å². The average molecular weight is 287 g/mol. The molecule has 0 atom stereocenters. The van der Waals surface area contributed by atoms with Gasteiger partial charge in [-0.1, -0.05) is 30.9 Å². The quantitative estimate of drug-likeness (QED) is 0.370. The Morgan fingerprint density at radius 2 is 2.15 bits per heavy atom. The number of hydrogen-bond donors (Lipinski definition) is 1. The van der Waals surface area contributed by atoms with Crippen molar-refractivity contribution in [2.75, 3.05) is 11.5 Å². The highest BCUT2D eigenvalue weighted by atomic mass is 32.2. The van der Waals surface area contributed by atoms with E-state index in [0.717, 1.165) is 29.9 Å². The van der Waals surface area contributed by atoms with Crippen LogP contribution < -0.4 is 0 Å². The fourth-order valence-electron chi connectivity index (χ4n) is 1.61. The Balaban J connectivity index is 2.83. The molecule has 104 valence electrons. The van der Waals surface area contributed by atoms with Gasteiger partial charge in [-0.25, -0.2) is 0 Å². The van der Waals surface area contributed by atoms with Crippen LogP contribution in [-0.4, -0.2) is 16.6 Å². The van der Waals surface area contributed by atoms with Crippen molar-refractivity contribution in [2.24, 2.45) is 0 Å². The number of thioether (sulfide) groups is 1. The average Bonchev–Trinajstić information content (AvgIpc) is 2.49. The Labute approximate surface area is 124 Å². The van der Waals surface area contributed by atoms with Crippen LogP contribution in [0.15, 0.2) is 30.0 Å². The molecule has 0 aromatic heterocycles. The Hall–Kier alpha value is -1.91. The van der Waals surface area contributed by atoms with Crippen LogP contribution in [0.25, 0.3) is 10.7 Å². The van der Waals surface area contributed by atoms with Crippen molar-refractivity contribution in [3.05, 3.63) is 46.1 Å². The molecule has 20 heavy (non-hydrogen) atoms. The predicted molar refractivity (Wildman–Crippen MR) is 85.9 cm³/mol. The standard InChI is InChI=1S/C16H18N2OS/c1-3-20-12-8-4-5-9-14-10-6-7-11-15(14)16(19)13(2)18-17/h6-7,10-11H,3-4,8,12H2,1-2H3/p+1/b16-13-. The van der Waals surface area contributed by atoms with Crippen molar-refractivity contribution in [3.8, 4) is 11.8 Å². The molecule has 0 aliphatic carbocycles. The zero-order chi connectivity index (χ0) is 14.8. The van der Waals surface area contributed by atoms with Gasteiger partial charge in [0.25, 0.3) is 0 Å². The van der Waals surface area contributed by atoms with Gasteiger partial charge in [-0.15, -0.1) is 0 Å². The van der Waals surface area contributed by atoms with E-state index >= 15 is 0 Å². The molecular formula is C16H19N2OS+. The van der Waals surface area contributed by atoms with Crippen LogP contribution in [0.3, 0.4) is 0 Å². The second-order valence-electron chi connectivity index (χ2n) is 4.18. The van der Waals surface area contributed by atoms with E-state index in [-0.39, 0.29) is 11.5 Å². The monoisotopic (exact) mass is 287 g/mol. The minimum absolute atomic E-state index is 0.0426. The highest BCUT2D eigenvalue weighted by Gasteiger charge is 2.15.